The van der Waals surface area contributed by atoms with Crippen LogP contribution in [0, 0.1) is 0 Å². The van der Waals surface area contributed by atoms with Crippen LogP contribution in [-0.4, -0.2) is 20.8 Å². The third-order valence-electron chi connectivity index (χ3n) is 2.86. The fourth-order valence-electron chi connectivity index (χ4n) is 1.71. The first-order valence-electron chi connectivity index (χ1n) is 5.73. The predicted molar refractivity (Wildman–Crippen MR) is 60.7 cm³/mol. The third-order valence-corrected chi connectivity index (χ3v) is 2.86. The van der Waals surface area contributed by atoms with Gasteiger partial charge in [-0.3, -0.25) is 0 Å². The molecule has 84 valence electrons. The fraction of sp³-hybridized carbons (Fsp3) is 0.800. The van der Waals surface area contributed by atoms with Gasteiger partial charge >= 0.3 is 0 Å². The van der Waals surface area contributed by atoms with Crippen LogP contribution in [0.5, 0.6) is 0 Å². The van der Waals surface area contributed by atoms with E-state index in [0.29, 0.717) is 24.0 Å². The summed E-state index contributed by atoms with van der Waals surface area (Å²) in [6.45, 7) is 4.28. The molecular formula is C10H19N5. The topological polar surface area (TPSA) is 68.8 Å². The first kappa shape index (κ1) is 10.3. The molecule has 1 saturated carbocycles. The van der Waals surface area contributed by atoms with Crippen LogP contribution in [0.15, 0.2) is 0 Å². The molecule has 0 saturated heterocycles. The van der Waals surface area contributed by atoms with Crippen LogP contribution in [-0.2, 0) is 0 Å². The van der Waals surface area contributed by atoms with Gasteiger partial charge in [0.05, 0.1) is 6.04 Å². The molecule has 0 atom stereocenters. The zero-order chi connectivity index (χ0) is 10.8. The molecule has 15 heavy (non-hydrogen) atoms. The minimum Gasteiger partial charge on any atom is -0.368 e. The Bertz CT molecular complexity index is 325. The molecule has 0 bridgehead atoms. The summed E-state index contributed by atoms with van der Waals surface area (Å²) in [4.78, 5) is 4.23. The Morgan fingerprint density at radius 1 is 1.47 bits per heavy atom. The number of rotatable bonds is 5. The second-order valence-electron chi connectivity index (χ2n) is 4.13. The molecule has 0 unspecified atom stereocenters. The summed E-state index contributed by atoms with van der Waals surface area (Å²) in [6, 6.07) is 0.939. The van der Waals surface area contributed by atoms with Crippen molar-refractivity contribution in [2.45, 2.75) is 51.6 Å². The maximum atomic E-state index is 5.84. The van der Waals surface area contributed by atoms with Crippen molar-refractivity contribution in [3.05, 3.63) is 0 Å². The summed E-state index contributed by atoms with van der Waals surface area (Å²) in [5.74, 6) is 1.20. The van der Waals surface area contributed by atoms with Gasteiger partial charge in [0.1, 0.15) is 0 Å². The van der Waals surface area contributed by atoms with Crippen molar-refractivity contribution in [3.63, 3.8) is 0 Å². The van der Waals surface area contributed by atoms with Gasteiger partial charge in [0.25, 0.3) is 0 Å². The van der Waals surface area contributed by atoms with Crippen molar-refractivity contribution < 1.29 is 0 Å². The van der Waals surface area contributed by atoms with Gasteiger partial charge in [-0.2, -0.15) is 4.98 Å². The molecule has 0 aromatic carbocycles. The van der Waals surface area contributed by atoms with E-state index in [-0.39, 0.29) is 0 Å². The van der Waals surface area contributed by atoms with Gasteiger partial charge in [-0.05, 0) is 25.7 Å². The molecule has 0 amide bonds. The molecule has 2 rings (SSSR count). The highest BCUT2D eigenvalue weighted by atomic mass is 15.4. The minimum absolute atomic E-state index is 0.368. The minimum atomic E-state index is 0.368. The highest BCUT2D eigenvalue weighted by molar-refractivity contribution is 5.34. The molecule has 3 N–H and O–H groups in total. The van der Waals surface area contributed by atoms with E-state index in [9.17, 15) is 0 Å². The summed E-state index contributed by atoms with van der Waals surface area (Å²) >= 11 is 0. The molecular weight excluding hydrogens is 190 g/mol. The van der Waals surface area contributed by atoms with Gasteiger partial charge in [0, 0.05) is 6.04 Å². The average Bonchev–Trinajstić information content (AvgIpc) is 2.94. The Labute approximate surface area is 90.1 Å². The molecule has 1 heterocycles. The van der Waals surface area contributed by atoms with Crippen molar-refractivity contribution in [1.82, 2.24) is 14.8 Å². The number of nitrogens with one attached hydrogen (secondary N) is 1. The number of hydrogen-bond donors (Lipinski definition) is 2. The lowest BCUT2D eigenvalue weighted by molar-refractivity contribution is 0.434. The lowest BCUT2D eigenvalue weighted by Crippen LogP contribution is -2.12. The van der Waals surface area contributed by atoms with Gasteiger partial charge in [-0.15, -0.1) is 5.10 Å². The Hall–Kier alpha value is -1.26. The summed E-state index contributed by atoms with van der Waals surface area (Å²) in [5, 5.41) is 7.66. The highest BCUT2D eigenvalue weighted by Gasteiger charge is 2.23. The number of nitrogens with two attached hydrogens (primary N) is 1. The number of anilines is 2. The van der Waals surface area contributed by atoms with Crippen molar-refractivity contribution in [2.75, 3.05) is 11.1 Å². The molecule has 1 aromatic heterocycles. The Kier molecular flexibility index (Phi) is 2.79. The standard InChI is InChI=1S/C10H19N5/c1-3-8(4-2)15-9(11)13-10(14-15)12-7-5-6-7/h7-8H,3-6H2,1-2H3,(H3,11,12,13,14). The van der Waals surface area contributed by atoms with Crippen molar-refractivity contribution >= 4 is 11.9 Å². The molecule has 1 aliphatic carbocycles. The van der Waals surface area contributed by atoms with Crippen LogP contribution in [0.2, 0.25) is 0 Å². The summed E-state index contributed by atoms with van der Waals surface area (Å²) in [5.41, 5.74) is 5.84. The second-order valence-corrected chi connectivity index (χ2v) is 4.13. The molecule has 0 radical (unpaired) electrons. The number of hydrogen-bond acceptors (Lipinski definition) is 4. The SMILES string of the molecule is CCC(CC)n1nc(NC2CC2)nc1N. The Morgan fingerprint density at radius 3 is 2.67 bits per heavy atom. The van der Waals surface area contributed by atoms with Gasteiger partial charge in [0.15, 0.2) is 0 Å². The quantitative estimate of drug-likeness (QED) is 0.775. The molecule has 0 spiro atoms. The largest absolute Gasteiger partial charge is 0.368 e. The van der Waals surface area contributed by atoms with E-state index >= 15 is 0 Å². The van der Waals surface area contributed by atoms with Crippen LogP contribution in [0.3, 0.4) is 0 Å². The van der Waals surface area contributed by atoms with Gasteiger partial charge < -0.3 is 11.1 Å². The lowest BCUT2D eigenvalue weighted by atomic mass is 10.2. The van der Waals surface area contributed by atoms with Crippen LogP contribution in [0.4, 0.5) is 11.9 Å². The lowest BCUT2D eigenvalue weighted by Gasteiger charge is -2.12. The molecule has 1 aromatic rings. The Balaban J connectivity index is 2.11. The third kappa shape index (κ3) is 2.22. The zero-order valence-corrected chi connectivity index (χ0v) is 9.40. The monoisotopic (exact) mass is 209 g/mol. The normalized spacial score (nSPS) is 15.9. The number of nitrogens with zero attached hydrogens (tertiary/aromatic N) is 3. The van der Waals surface area contributed by atoms with Gasteiger partial charge in [0.2, 0.25) is 11.9 Å². The highest BCUT2D eigenvalue weighted by Crippen LogP contribution is 2.25. The first-order valence-corrected chi connectivity index (χ1v) is 5.73. The molecule has 0 aliphatic heterocycles. The summed E-state index contributed by atoms with van der Waals surface area (Å²) in [6.07, 6.45) is 4.51. The number of nitrogen functional groups attached to an aromatic ring is 1. The van der Waals surface area contributed by atoms with Crippen molar-refractivity contribution in [3.8, 4) is 0 Å². The number of aromatic nitrogens is 3. The van der Waals surface area contributed by atoms with E-state index in [2.05, 4.69) is 29.2 Å². The molecule has 5 nitrogen and oxygen atoms in total. The summed E-state index contributed by atoms with van der Waals surface area (Å²) < 4.78 is 1.84. The van der Waals surface area contributed by atoms with E-state index in [1.807, 2.05) is 4.68 Å². The van der Waals surface area contributed by atoms with Gasteiger partial charge in [-0.1, -0.05) is 13.8 Å². The van der Waals surface area contributed by atoms with Crippen LogP contribution in [0.1, 0.15) is 45.6 Å². The smallest absolute Gasteiger partial charge is 0.244 e. The summed E-state index contributed by atoms with van der Waals surface area (Å²) in [7, 11) is 0. The maximum absolute atomic E-state index is 5.84. The van der Waals surface area contributed by atoms with E-state index in [4.69, 9.17) is 5.73 Å². The fourth-order valence-corrected chi connectivity index (χ4v) is 1.71. The van der Waals surface area contributed by atoms with Crippen LogP contribution in [0.25, 0.3) is 0 Å². The Morgan fingerprint density at radius 2 is 2.13 bits per heavy atom. The van der Waals surface area contributed by atoms with Crippen LogP contribution >= 0.6 is 0 Å². The van der Waals surface area contributed by atoms with E-state index < -0.39 is 0 Å². The maximum Gasteiger partial charge on any atom is 0.244 e. The molecule has 1 fully saturated rings. The van der Waals surface area contributed by atoms with E-state index in [1.54, 1.807) is 0 Å². The van der Waals surface area contributed by atoms with Crippen molar-refractivity contribution in [1.29, 1.82) is 0 Å². The average molecular weight is 209 g/mol. The van der Waals surface area contributed by atoms with E-state index in [0.717, 1.165) is 12.8 Å². The van der Waals surface area contributed by atoms with E-state index in [1.165, 1.54) is 12.8 Å². The second kappa shape index (κ2) is 4.08. The molecule has 5 heteroatoms. The van der Waals surface area contributed by atoms with Crippen LogP contribution < -0.4 is 11.1 Å². The van der Waals surface area contributed by atoms with Gasteiger partial charge in [-0.25, -0.2) is 4.68 Å². The zero-order valence-electron chi connectivity index (χ0n) is 9.40. The molecule has 1 aliphatic rings. The first-order chi connectivity index (χ1) is 7.24. The predicted octanol–water partition coefficient (Wildman–Crippen LogP) is 1.80. The van der Waals surface area contributed by atoms with Crippen molar-refractivity contribution in [2.24, 2.45) is 0 Å².